The highest BCUT2D eigenvalue weighted by atomic mass is 35.5. The van der Waals surface area contributed by atoms with Crippen molar-refractivity contribution in [3.8, 4) is 6.07 Å². The monoisotopic (exact) mass is 294 g/mol. The van der Waals surface area contributed by atoms with Gasteiger partial charge in [0.2, 0.25) is 0 Å². The quantitative estimate of drug-likeness (QED) is 0.685. The van der Waals surface area contributed by atoms with Crippen LogP contribution in [0.3, 0.4) is 0 Å². The molecule has 0 bridgehead atoms. The summed E-state index contributed by atoms with van der Waals surface area (Å²) in [5.74, 6) is 0. The number of benzene rings is 2. The molecule has 0 spiro atoms. The largest absolute Gasteiger partial charge is 0.342 e. The first-order valence-corrected chi connectivity index (χ1v) is 6.82. The lowest BCUT2D eigenvalue weighted by atomic mass is 10.1. The summed E-state index contributed by atoms with van der Waals surface area (Å²) >= 11 is 6.22. The number of hydrogen-bond acceptors (Lipinski definition) is 2. The van der Waals surface area contributed by atoms with Crippen molar-refractivity contribution in [2.24, 2.45) is 0 Å². The number of aldehydes is 1. The zero-order valence-electron chi connectivity index (χ0n) is 11.1. The molecule has 0 amide bonds. The molecule has 0 aliphatic rings. The summed E-state index contributed by atoms with van der Waals surface area (Å²) in [4.78, 5) is 11.2. The van der Waals surface area contributed by atoms with E-state index in [0.29, 0.717) is 22.7 Å². The number of rotatable bonds is 3. The Balaban J connectivity index is 2.06. The number of nitrogens with zero attached hydrogens (tertiary/aromatic N) is 2. The lowest BCUT2D eigenvalue weighted by Gasteiger charge is -2.07. The van der Waals surface area contributed by atoms with Gasteiger partial charge in [0, 0.05) is 34.2 Å². The Kier molecular flexibility index (Phi) is 3.47. The van der Waals surface area contributed by atoms with E-state index in [4.69, 9.17) is 16.9 Å². The predicted octanol–water partition coefficient (Wildman–Crippen LogP) is 4.03. The summed E-state index contributed by atoms with van der Waals surface area (Å²) in [5.41, 5.74) is 3.10. The topological polar surface area (TPSA) is 45.8 Å². The minimum absolute atomic E-state index is 0.537. The van der Waals surface area contributed by atoms with Crippen LogP contribution in [0, 0.1) is 11.3 Å². The molecule has 0 saturated carbocycles. The van der Waals surface area contributed by atoms with E-state index < -0.39 is 0 Å². The van der Waals surface area contributed by atoms with Crippen molar-refractivity contribution in [2.45, 2.75) is 6.54 Å². The second-order valence-corrected chi connectivity index (χ2v) is 5.17. The molecule has 3 nitrogen and oxygen atoms in total. The van der Waals surface area contributed by atoms with Crippen LogP contribution in [0.4, 0.5) is 0 Å². The first kappa shape index (κ1) is 13.4. The number of halogens is 1. The van der Waals surface area contributed by atoms with E-state index in [1.807, 2.05) is 41.1 Å². The second-order valence-electron chi connectivity index (χ2n) is 4.77. The Labute approximate surface area is 127 Å². The molecule has 1 heterocycles. The Hall–Kier alpha value is -2.57. The second kappa shape index (κ2) is 5.43. The number of nitriles is 1. The molecule has 1 aromatic heterocycles. The van der Waals surface area contributed by atoms with Crippen LogP contribution in [-0.4, -0.2) is 10.9 Å². The summed E-state index contributed by atoms with van der Waals surface area (Å²) < 4.78 is 1.99. The van der Waals surface area contributed by atoms with Crippen LogP contribution in [-0.2, 0) is 6.54 Å². The molecule has 4 heteroatoms. The van der Waals surface area contributed by atoms with Gasteiger partial charge in [-0.2, -0.15) is 5.26 Å². The number of fused-ring (bicyclic) bond motifs is 1. The maximum absolute atomic E-state index is 11.2. The minimum Gasteiger partial charge on any atom is -0.342 e. The van der Waals surface area contributed by atoms with Crippen molar-refractivity contribution in [1.82, 2.24) is 4.57 Å². The van der Waals surface area contributed by atoms with Gasteiger partial charge in [0.15, 0.2) is 6.29 Å². The van der Waals surface area contributed by atoms with Gasteiger partial charge in [0.05, 0.1) is 11.6 Å². The fourth-order valence-electron chi connectivity index (χ4n) is 2.43. The Bertz CT molecular complexity index is 874. The van der Waals surface area contributed by atoms with E-state index in [-0.39, 0.29) is 0 Å². The van der Waals surface area contributed by atoms with Gasteiger partial charge in [-0.05, 0) is 23.8 Å². The molecule has 21 heavy (non-hydrogen) atoms. The van der Waals surface area contributed by atoms with E-state index in [1.54, 1.807) is 12.1 Å². The highest BCUT2D eigenvalue weighted by Gasteiger charge is 2.09. The standard InChI is InChI=1S/C17H11ClN2O/c18-16-7-12(8-19)5-6-13(16)9-20-10-14(11-21)15-3-1-2-4-17(15)20/h1-7,10-11H,9H2. The van der Waals surface area contributed by atoms with Crippen LogP contribution in [0.15, 0.2) is 48.7 Å². The van der Waals surface area contributed by atoms with Gasteiger partial charge >= 0.3 is 0 Å². The van der Waals surface area contributed by atoms with Gasteiger partial charge in [0.1, 0.15) is 0 Å². The molecular formula is C17H11ClN2O. The van der Waals surface area contributed by atoms with Crippen molar-refractivity contribution in [3.63, 3.8) is 0 Å². The smallest absolute Gasteiger partial charge is 0.152 e. The highest BCUT2D eigenvalue weighted by molar-refractivity contribution is 6.31. The number of carbonyl (C=O) groups is 1. The Morgan fingerprint density at radius 3 is 2.76 bits per heavy atom. The molecular weight excluding hydrogens is 284 g/mol. The van der Waals surface area contributed by atoms with Crippen LogP contribution in [0.25, 0.3) is 10.9 Å². The third-order valence-electron chi connectivity index (χ3n) is 3.47. The molecule has 0 fully saturated rings. The maximum Gasteiger partial charge on any atom is 0.152 e. The summed E-state index contributed by atoms with van der Waals surface area (Å²) in [6, 6.07) is 15.1. The Morgan fingerprint density at radius 2 is 2.05 bits per heavy atom. The number of aromatic nitrogens is 1. The van der Waals surface area contributed by atoms with Crippen molar-refractivity contribution < 1.29 is 4.79 Å². The lowest BCUT2D eigenvalue weighted by molar-refractivity contribution is 0.112. The number of hydrogen-bond donors (Lipinski definition) is 0. The molecule has 0 radical (unpaired) electrons. The zero-order chi connectivity index (χ0) is 14.8. The lowest BCUT2D eigenvalue weighted by Crippen LogP contribution is -1.99. The van der Waals surface area contributed by atoms with Gasteiger partial charge < -0.3 is 4.57 Å². The number of para-hydroxylation sites is 1. The van der Waals surface area contributed by atoms with Crippen molar-refractivity contribution in [2.75, 3.05) is 0 Å². The van der Waals surface area contributed by atoms with Crippen molar-refractivity contribution in [3.05, 3.63) is 70.4 Å². The van der Waals surface area contributed by atoms with Gasteiger partial charge in [0.25, 0.3) is 0 Å². The third kappa shape index (κ3) is 2.42. The molecule has 102 valence electrons. The first-order valence-electron chi connectivity index (χ1n) is 6.44. The van der Waals surface area contributed by atoms with E-state index >= 15 is 0 Å². The van der Waals surface area contributed by atoms with Crippen LogP contribution in [0.1, 0.15) is 21.5 Å². The minimum atomic E-state index is 0.537. The normalized spacial score (nSPS) is 10.5. The fraction of sp³-hybridized carbons (Fsp3) is 0.0588. The maximum atomic E-state index is 11.2. The molecule has 2 aromatic carbocycles. The molecule has 3 rings (SSSR count). The third-order valence-corrected chi connectivity index (χ3v) is 3.82. The highest BCUT2D eigenvalue weighted by Crippen LogP contribution is 2.24. The summed E-state index contributed by atoms with van der Waals surface area (Å²) in [6.45, 7) is 0.554. The molecule has 0 saturated heterocycles. The van der Waals surface area contributed by atoms with Crippen LogP contribution in [0.2, 0.25) is 5.02 Å². The average Bonchev–Trinajstić information content (AvgIpc) is 2.87. The summed E-state index contributed by atoms with van der Waals surface area (Å²) in [7, 11) is 0. The zero-order valence-corrected chi connectivity index (χ0v) is 11.8. The van der Waals surface area contributed by atoms with Crippen LogP contribution >= 0.6 is 11.6 Å². The van der Waals surface area contributed by atoms with E-state index in [1.165, 1.54) is 0 Å². The van der Waals surface area contributed by atoms with Crippen molar-refractivity contribution >= 4 is 28.8 Å². The SMILES string of the molecule is N#Cc1ccc(Cn2cc(C=O)c3ccccc32)c(Cl)c1. The van der Waals surface area contributed by atoms with Crippen LogP contribution < -0.4 is 0 Å². The summed E-state index contributed by atoms with van der Waals surface area (Å²) in [6.07, 6.45) is 2.69. The average molecular weight is 295 g/mol. The van der Waals surface area contributed by atoms with E-state index in [0.717, 1.165) is 22.8 Å². The Morgan fingerprint density at radius 1 is 1.24 bits per heavy atom. The van der Waals surface area contributed by atoms with Gasteiger partial charge in [-0.1, -0.05) is 35.9 Å². The fourth-order valence-corrected chi connectivity index (χ4v) is 2.67. The van der Waals surface area contributed by atoms with Crippen LogP contribution in [0.5, 0.6) is 0 Å². The molecule has 0 aliphatic carbocycles. The van der Waals surface area contributed by atoms with Crippen molar-refractivity contribution in [1.29, 1.82) is 5.26 Å². The molecule has 3 aromatic rings. The molecule has 0 N–H and O–H groups in total. The van der Waals surface area contributed by atoms with E-state index in [2.05, 4.69) is 6.07 Å². The van der Waals surface area contributed by atoms with Gasteiger partial charge in [-0.3, -0.25) is 4.79 Å². The predicted molar refractivity (Wildman–Crippen MR) is 82.6 cm³/mol. The molecule has 0 atom stereocenters. The molecule has 0 unspecified atom stereocenters. The van der Waals surface area contributed by atoms with E-state index in [9.17, 15) is 4.79 Å². The summed E-state index contributed by atoms with van der Waals surface area (Å²) in [5, 5.41) is 10.3. The van der Waals surface area contributed by atoms with Gasteiger partial charge in [-0.25, -0.2) is 0 Å². The molecule has 0 aliphatic heterocycles. The number of carbonyl (C=O) groups excluding carboxylic acids is 1. The van der Waals surface area contributed by atoms with Gasteiger partial charge in [-0.15, -0.1) is 0 Å². The first-order chi connectivity index (χ1) is 10.2.